The third kappa shape index (κ3) is 5.13. The van der Waals surface area contributed by atoms with Gasteiger partial charge in [-0.05, 0) is 70.1 Å². The second-order valence-corrected chi connectivity index (χ2v) is 14.0. The Morgan fingerprint density at radius 3 is 1.60 bits per heavy atom. The van der Waals surface area contributed by atoms with Gasteiger partial charge in [0.1, 0.15) is 16.7 Å². The molecule has 0 aliphatic carbocycles. The van der Waals surface area contributed by atoms with Crippen molar-refractivity contribution in [2.45, 2.75) is 0 Å². The highest BCUT2D eigenvalue weighted by Crippen LogP contribution is 2.49. The van der Waals surface area contributed by atoms with E-state index in [0.717, 1.165) is 99.5 Å². The van der Waals surface area contributed by atoms with Crippen LogP contribution >= 0.6 is 0 Å². The van der Waals surface area contributed by atoms with Gasteiger partial charge in [-0.25, -0.2) is 0 Å². The Balaban J connectivity index is 1.16. The van der Waals surface area contributed by atoms with Gasteiger partial charge in [-0.1, -0.05) is 158 Å². The molecule has 0 unspecified atom stereocenters. The van der Waals surface area contributed by atoms with Gasteiger partial charge in [-0.15, -0.1) is 0 Å². The summed E-state index contributed by atoms with van der Waals surface area (Å²) in [5.74, 6) is 0. The first kappa shape index (κ1) is 31.2. The van der Waals surface area contributed by atoms with Crippen LogP contribution in [-0.2, 0) is 0 Å². The van der Waals surface area contributed by atoms with Crippen molar-refractivity contribution in [1.82, 2.24) is 0 Å². The summed E-state index contributed by atoms with van der Waals surface area (Å²) in [6.45, 7) is 0. The number of anilines is 3. The summed E-state index contributed by atoms with van der Waals surface area (Å²) < 4.78 is 13.5. The average Bonchev–Trinajstić information content (AvgIpc) is 3.84. The fraction of sp³-hybridized carbons (Fsp3) is 0. The van der Waals surface area contributed by atoms with E-state index in [1.807, 2.05) is 12.1 Å². The van der Waals surface area contributed by atoms with Crippen LogP contribution in [0.25, 0.3) is 88.0 Å². The molecule has 0 aliphatic heterocycles. The first-order chi connectivity index (χ1) is 27.3. The molecule has 0 aliphatic rings. The zero-order chi connectivity index (χ0) is 36.3. The van der Waals surface area contributed by atoms with Crippen LogP contribution in [0, 0.1) is 0 Å². The van der Waals surface area contributed by atoms with Gasteiger partial charge >= 0.3 is 0 Å². The number of benzene rings is 9. The smallest absolute Gasteiger partial charge is 0.160 e. The first-order valence-electron chi connectivity index (χ1n) is 18.7. The summed E-state index contributed by atoms with van der Waals surface area (Å²) in [5.41, 5.74) is 13.3. The third-order valence-electron chi connectivity index (χ3n) is 10.9. The standard InChI is InChI=1S/C52H33NO2/c1-3-12-34(13-4-1)35-22-27-39(28-23-35)53(40-29-24-38(25-30-40)43-19-11-20-45-44-18-9-10-21-48(44)54-50(43)45)49-41(36-14-5-2-6-15-36)32-33-47-46-31-26-37-16-7-8-17-42(37)51(46)55-52(47)49/h1-33H. The fourth-order valence-corrected chi connectivity index (χ4v) is 8.23. The van der Waals surface area contributed by atoms with E-state index in [1.54, 1.807) is 0 Å². The minimum Gasteiger partial charge on any atom is -0.455 e. The van der Waals surface area contributed by atoms with E-state index in [0.29, 0.717) is 0 Å². The van der Waals surface area contributed by atoms with E-state index in [9.17, 15) is 0 Å². The van der Waals surface area contributed by atoms with Crippen molar-refractivity contribution >= 4 is 71.7 Å². The summed E-state index contributed by atoms with van der Waals surface area (Å²) in [5, 5.41) is 6.68. The average molecular weight is 704 g/mol. The molecular formula is C52H33NO2. The first-order valence-corrected chi connectivity index (χ1v) is 18.7. The molecule has 55 heavy (non-hydrogen) atoms. The number of furan rings is 2. The van der Waals surface area contributed by atoms with E-state index in [1.165, 1.54) is 5.56 Å². The van der Waals surface area contributed by atoms with Crippen LogP contribution in [0.1, 0.15) is 0 Å². The van der Waals surface area contributed by atoms with Crippen molar-refractivity contribution in [3.63, 3.8) is 0 Å². The number of rotatable bonds is 6. The largest absolute Gasteiger partial charge is 0.455 e. The molecule has 3 heteroatoms. The van der Waals surface area contributed by atoms with Gasteiger partial charge < -0.3 is 13.7 Å². The van der Waals surface area contributed by atoms with E-state index in [-0.39, 0.29) is 0 Å². The second-order valence-electron chi connectivity index (χ2n) is 14.0. The Bertz CT molecular complexity index is 3180. The molecule has 3 nitrogen and oxygen atoms in total. The van der Waals surface area contributed by atoms with Crippen molar-refractivity contribution in [3.05, 3.63) is 200 Å². The van der Waals surface area contributed by atoms with Gasteiger partial charge in [-0.3, -0.25) is 0 Å². The maximum absolute atomic E-state index is 7.09. The Morgan fingerprint density at radius 1 is 0.291 bits per heavy atom. The third-order valence-corrected chi connectivity index (χ3v) is 10.9. The highest BCUT2D eigenvalue weighted by molar-refractivity contribution is 6.19. The van der Waals surface area contributed by atoms with E-state index in [4.69, 9.17) is 8.83 Å². The monoisotopic (exact) mass is 703 g/mol. The Kier molecular flexibility index (Phi) is 7.17. The topological polar surface area (TPSA) is 29.5 Å². The lowest BCUT2D eigenvalue weighted by Gasteiger charge is -2.28. The molecule has 0 amide bonds. The summed E-state index contributed by atoms with van der Waals surface area (Å²) in [4.78, 5) is 2.36. The molecule has 2 aromatic heterocycles. The Hall–Kier alpha value is -7.36. The van der Waals surface area contributed by atoms with Crippen molar-refractivity contribution in [2.24, 2.45) is 0 Å². The van der Waals surface area contributed by atoms with Crippen LogP contribution in [-0.4, -0.2) is 0 Å². The molecule has 9 aromatic carbocycles. The molecule has 0 bridgehead atoms. The molecule has 0 N–H and O–H groups in total. The van der Waals surface area contributed by atoms with Gasteiger partial charge in [-0.2, -0.15) is 0 Å². The SMILES string of the molecule is c1ccc(-c2ccc(N(c3ccc(-c4cccc5c4oc4ccccc45)cc3)c3c(-c4ccccc4)ccc4c3oc3c5ccccc5ccc43)cc2)cc1. The number of nitrogens with zero attached hydrogens (tertiary/aromatic N) is 1. The number of fused-ring (bicyclic) bond motifs is 8. The molecule has 0 saturated heterocycles. The molecule has 2 heterocycles. The van der Waals surface area contributed by atoms with E-state index >= 15 is 0 Å². The lowest BCUT2D eigenvalue weighted by Crippen LogP contribution is -2.11. The van der Waals surface area contributed by atoms with Crippen LogP contribution in [0.5, 0.6) is 0 Å². The predicted molar refractivity (Wildman–Crippen MR) is 229 cm³/mol. The van der Waals surface area contributed by atoms with Crippen molar-refractivity contribution in [2.75, 3.05) is 4.90 Å². The van der Waals surface area contributed by atoms with E-state index < -0.39 is 0 Å². The maximum Gasteiger partial charge on any atom is 0.160 e. The molecule has 0 fully saturated rings. The summed E-state index contributed by atoms with van der Waals surface area (Å²) >= 11 is 0. The molecule has 11 rings (SSSR count). The minimum atomic E-state index is 0.843. The molecule has 0 atom stereocenters. The van der Waals surface area contributed by atoms with Gasteiger partial charge in [0.2, 0.25) is 0 Å². The molecule has 11 aromatic rings. The molecule has 258 valence electrons. The molecule has 0 radical (unpaired) electrons. The van der Waals surface area contributed by atoms with Crippen molar-refractivity contribution in [1.29, 1.82) is 0 Å². The summed E-state index contributed by atoms with van der Waals surface area (Å²) in [6.07, 6.45) is 0. The van der Waals surface area contributed by atoms with Crippen LogP contribution in [0.3, 0.4) is 0 Å². The van der Waals surface area contributed by atoms with Crippen LogP contribution in [0.15, 0.2) is 209 Å². The maximum atomic E-state index is 7.09. The molecular weight excluding hydrogens is 671 g/mol. The van der Waals surface area contributed by atoms with Crippen LogP contribution in [0.4, 0.5) is 17.1 Å². The van der Waals surface area contributed by atoms with Crippen LogP contribution < -0.4 is 4.90 Å². The zero-order valence-corrected chi connectivity index (χ0v) is 29.8. The molecule has 0 spiro atoms. The summed E-state index contributed by atoms with van der Waals surface area (Å²) in [7, 11) is 0. The van der Waals surface area contributed by atoms with Crippen molar-refractivity contribution < 1.29 is 8.83 Å². The normalized spacial score (nSPS) is 11.6. The zero-order valence-electron chi connectivity index (χ0n) is 29.8. The number of para-hydroxylation sites is 2. The highest BCUT2D eigenvalue weighted by atomic mass is 16.3. The van der Waals surface area contributed by atoms with Crippen molar-refractivity contribution in [3.8, 4) is 33.4 Å². The highest BCUT2D eigenvalue weighted by Gasteiger charge is 2.25. The number of hydrogen-bond acceptors (Lipinski definition) is 3. The van der Waals surface area contributed by atoms with Gasteiger partial charge in [0.15, 0.2) is 5.58 Å². The minimum absolute atomic E-state index is 0.843. The molecule has 0 saturated carbocycles. The fourth-order valence-electron chi connectivity index (χ4n) is 8.23. The Morgan fingerprint density at radius 2 is 0.836 bits per heavy atom. The van der Waals surface area contributed by atoms with Gasteiger partial charge in [0.25, 0.3) is 0 Å². The van der Waals surface area contributed by atoms with Gasteiger partial charge in [0.05, 0.1) is 5.69 Å². The lowest BCUT2D eigenvalue weighted by atomic mass is 9.97. The number of hydrogen-bond donors (Lipinski definition) is 0. The van der Waals surface area contributed by atoms with Crippen LogP contribution in [0.2, 0.25) is 0 Å². The Labute approximate surface area is 317 Å². The van der Waals surface area contributed by atoms with Gasteiger partial charge in [0, 0.05) is 49.4 Å². The predicted octanol–water partition coefficient (Wildman–Crippen LogP) is 15.1. The quantitative estimate of drug-likeness (QED) is 0.173. The lowest BCUT2D eigenvalue weighted by molar-refractivity contribution is 0.670. The summed E-state index contributed by atoms with van der Waals surface area (Å²) in [6, 6.07) is 70.8. The second kappa shape index (κ2) is 12.6. The van der Waals surface area contributed by atoms with E-state index in [2.05, 4.69) is 193 Å².